The van der Waals surface area contributed by atoms with Crippen LogP contribution < -0.4 is 5.32 Å². The molecule has 0 aliphatic carbocycles. The molecule has 2 aromatic rings. The molecule has 0 unspecified atom stereocenters. The maximum atomic E-state index is 13.1. The Balaban J connectivity index is 2.29. The largest absolute Gasteiger partial charge is 0.353 e. The molecule has 140 valence electrons. The highest BCUT2D eigenvalue weighted by molar-refractivity contribution is 9.10. The lowest BCUT2D eigenvalue weighted by Crippen LogP contribution is -2.43. The van der Waals surface area contributed by atoms with Crippen LogP contribution in [0.5, 0.6) is 0 Å². The molecule has 1 amide bonds. The standard InChI is InChI=1S/C19H23BrN2O3S/c1-3-15(2)21-19(23)14-22(13-16-7-5-4-6-8-16)26(24,25)18-11-9-17(20)10-12-18/h4-12,15H,3,13-14H2,1-2H3,(H,21,23)/t15-/m1/s1. The first-order valence-electron chi connectivity index (χ1n) is 8.42. The van der Waals surface area contributed by atoms with Crippen LogP contribution in [0.3, 0.4) is 0 Å². The predicted octanol–water partition coefficient (Wildman–Crippen LogP) is 3.55. The molecule has 5 nitrogen and oxygen atoms in total. The van der Waals surface area contributed by atoms with Gasteiger partial charge in [-0.2, -0.15) is 4.31 Å². The minimum atomic E-state index is -3.80. The number of nitrogens with zero attached hydrogens (tertiary/aromatic N) is 1. The van der Waals surface area contributed by atoms with Crippen molar-refractivity contribution in [3.63, 3.8) is 0 Å². The van der Waals surface area contributed by atoms with E-state index in [1.165, 1.54) is 16.4 Å². The summed E-state index contributed by atoms with van der Waals surface area (Å²) in [7, 11) is -3.80. The highest BCUT2D eigenvalue weighted by atomic mass is 79.9. The molecular formula is C19H23BrN2O3S. The first-order valence-corrected chi connectivity index (χ1v) is 10.6. The minimum Gasteiger partial charge on any atom is -0.353 e. The van der Waals surface area contributed by atoms with Crippen LogP contribution in [0.25, 0.3) is 0 Å². The summed E-state index contributed by atoms with van der Waals surface area (Å²) in [6.45, 7) is 3.76. The fourth-order valence-electron chi connectivity index (χ4n) is 2.35. The Kier molecular flexibility index (Phi) is 7.37. The quantitative estimate of drug-likeness (QED) is 0.684. The first-order chi connectivity index (χ1) is 12.3. The summed E-state index contributed by atoms with van der Waals surface area (Å²) in [5.74, 6) is -0.309. The Morgan fingerprint density at radius 1 is 1.12 bits per heavy atom. The summed E-state index contributed by atoms with van der Waals surface area (Å²) in [5.41, 5.74) is 0.824. The van der Waals surface area contributed by atoms with Crippen molar-refractivity contribution in [3.05, 3.63) is 64.6 Å². The second-order valence-corrected chi connectivity index (χ2v) is 8.94. The molecule has 0 spiro atoms. The van der Waals surface area contributed by atoms with Gasteiger partial charge in [-0.15, -0.1) is 0 Å². The summed E-state index contributed by atoms with van der Waals surface area (Å²) in [6, 6.07) is 15.7. The maximum absolute atomic E-state index is 13.1. The van der Waals surface area contributed by atoms with Crippen molar-refractivity contribution in [2.45, 2.75) is 37.8 Å². The minimum absolute atomic E-state index is 0.00328. The van der Waals surface area contributed by atoms with Gasteiger partial charge in [0.05, 0.1) is 11.4 Å². The molecule has 1 atom stereocenters. The van der Waals surface area contributed by atoms with E-state index in [9.17, 15) is 13.2 Å². The lowest BCUT2D eigenvalue weighted by atomic mass is 10.2. The molecule has 0 fully saturated rings. The van der Waals surface area contributed by atoms with E-state index >= 15 is 0 Å². The average molecular weight is 439 g/mol. The SMILES string of the molecule is CC[C@@H](C)NC(=O)CN(Cc1ccccc1)S(=O)(=O)c1ccc(Br)cc1. The van der Waals surface area contributed by atoms with Crippen molar-refractivity contribution in [2.75, 3.05) is 6.54 Å². The lowest BCUT2D eigenvalue weighted by molar-refractivity contribution is -0.122. The van der Waals surface area contributed by atoms with Crippen molar-refractivity contribution in [3.8, 4) is 0 Å². The normalized spacial score (nSPS) is 12.8. The second kappa shape index (κ2) is 9.30. The van der Waals surface area contributed by atoms with Gasteiger partial charge >= 0.3 is 0 Å². The van der Waals surface area contributed by atoms with Crippen molar-refractivity contribution < 1.29 is 13.2 Å². The van der Waals surface area contributed by atoms with Crippen molar-refractivity contribution >= 4 is 31.9 Å². The van der Waals surface area contributed by atoms with E-state index in [2.05, 4.69) is 21.2 Å². The Morgan fingerprint density at radius 3 is 2.31 bits per heavy atom. The van der Waals surface area contributed by atoms with Crippen molar-refractivity contribution in [2.24, 2.45) is 0 Å². The number of sulfonamides is 1. The fraction of sp³-hybridized carbons (Fsp3) is 0.316. The zero-order chi connectivity index (χ0) is 19.2. The van der Waals surface area contributed by atoms with E-state index in [0.29, 0.717) is 0 Å². The molecule has 2 rings (SSSR count). The number of hydrogen-bond acceptors (Lipinski definition) is 3. The number of nitrogens with one attached hydrogen (secondary N) is 1. The molecule has 0 saturated carbocycles. The number of benzene rings is 2. The molecule has 0 radical (unpaired) electrons. The Hall–Kier alpha value is -1.70. The van der Waals surface area contributed by atoms with Gasteiger partial charge in [0.2, 0.25) is 15.9 Å². The molecule has 0 saturated heterocycles. The van der Waals surface area contributed by atoms with Gasteiger partial charge in [-0.05, 0) is 43.2 Å². The highest BCUT2D eigenvalue weighted by Crippen LogP contribution is 2.20. The average Bonchev–Trinajstić information content (AvgIpc) is 2.62. The van der Waals surface area contributed by atoms with Gasteiger partial charge in [-0.3, -0.25) is 4.79 Å². The Labute approximate surface area is 163 Å². The molecule has 0 aromatic heterocycles. The van der Waals surface area contributed by atoms with E-state index in [-0.39, 0.29) is 29.9 Å². The van der Waals surface area contributed by atoms with E-state index in [4.69, 9.17) is 0 Å². The van der Waals surface area contributed by atoms with E-state index in [1.54, 1.807) is 12.1 Å². The first kappa shape index (κ1) is 20.6. The molecule has 0 aliphatic rings. The van der Waals surface area contributed by atoms with Crippen molar-refractivity contribution in [1.29, 1.82) is 0 Å². The monoisotopic (exact) mass is 438 g/mol. The highest BCUT2D eigenvalue weighted by Gasteiger charge is 2.27. The summed E-state index contributed by atoms with van der Waals surface area (Å²) >= 11 is 3.31. The zero-order valence-corrected chi connectivity index (χ0v) is 17.3. The number of amides is 1. The lowest BCUT2D eigenvalue weighted by Gasteiger charge is -2.23. The Bertz CT molecular complexity index is 824. The zero-order valence-electron chi connectivity index (χ0n) is 14.9. The number of carbonyl (C=O) groups is 1. The predicted molar refractivity (Wildman–Crippen MR) is 106 cm³/mol. The van der Waals surface area contributed by atoms with Crippen LogP contribution in [0.1, 0.15) is 25.8 Å². The van der Waals surface area contributed by atoms with E-state index in [1.807, 2.05) is 44.2 Å². The molecule has 26 heavy (non-hydrogen) atoms. The van der Waals surface area contributed by atoms with Crippen LogP contribution in [0.4, 0.5) is 0 Å². The molecule has 0 aliphatic heterocycles. The molecule has 7 heteroatoms. The van der Waals surface area contributed by atoms with Crippen LogP contribution in [0, 0.1) is 0 Å². The molecular weight excluding hydrogens is 416 g/mol. The van der Waals surface area contributed by atoms with Gasteiger partial charge in [-0.1, -0.05) is 53.2 Å². The Morgan fingerprint density at radius 2 is 1.73 bits per heavy atom. The second-order valence-electron chi connectivity index (χ2n) is 6.09. The van der Waals surface area contributed by atoms with Crippen LogP contribution in [0.15, 0.2) is 64.0 Å². The topological polar surface area (TPSA) is 66.5 Å². The van der Waals surface area contributed by atoms with Crippen LogP contribution in [-0.2, 0) is 21.4 Å². The third-order valence-corrected chi connectivity index (χ3v) is 6.33. The third-order valence-electron chi connectivity index (χ3n) is 3.99. The fourth-order valence-corrected chi connectivity index (χ4v) is 4.00. The van der Waals surface area contributed by atoms with Gasteiger partial charge in [0.25, 0.3) is 0 Å². The smallest absolute Gasteiger partial charge is 0.243 e. The number of carbonyl (C=O) groups excluding carboxylic acids is 1. The van der Waals surface area contributed by atoms with E-state index in [0.717, 1.165) is 16.5 Å². The van der Waals surface area contributed by atoms with E-state index < -0.39 is 10.0 Å². The third kappa shape index (κ3) is 5.65. The molecule has 0 heterocycles. The number of halogens is 1. The van der Waals surface area contributed by atoms with Gasteiger partial charge in [0.1, 0.15) is 0 Å². The summed E-state index contributed by atoms with van der Waals surface area (Å²) < 4.78 is 28.1. The maximum Gasteiger partial charge on any atom is 0.243 e. The van der Waals surface area contributed by atoms with Gasteiger partial charge < -0.3 is 5.32 Å². The van der Waals surface area contributed by atoms with Gasteiger partial charge in [-0.25, -0.2) is 8.42 Å². The van der Waals surface area contributed by atoms with Gasteiger partial charge in [0.15, 0.2) is 0 Å². The molecule has 1 N–H and O–H groups in total. The molecule has 0 bridgehead atoms. The number of hydrogen-bond donors (Lipinski definition) is 1. The van der Waals surface area contributed by atoms with Crippen LogP contribution in [0.2, 0.25) is 0 Å². The van der Waals surface area contributed by atoms with Crippen LogP contribution >= 0.6 is 15.9 Å². The summed E-state index contributed by atoms with van der Waals surface area (Å²) in [5, 5.41) is 2.83. The summed E-state index contributed by atoms with van der Waals surface area (Å²) in [6.07, 6.45) is 0.782. The summed E-state index contributed by atoms with van der Waals surface area (Å²) in [4.78, 5) is 12.5. The van der Waals surface area contributed by atoms with Gasteiger partial charge in [0, 0.05) is 17.1 Å². The van der Waals surface area contributed by atoms with Crippen LogP contribution in [-0.4, -0.2) is 31.2 Å². The van der Waals surface area contributed by atoms with Crippen molar-refractivity contribution in [1.82, 2.24) is 9.62 Å². The number of rotatable bonds is 8. The molecule has 2 aromatic carbocycles.